The van der Waals surface area contributed by atoms with E-state index in [1.54, 1.807) is 12.1 Å². The van der Waals surface area contributed by atoms with Crippen molar-refractivity contribution >= 4 is 15.9 Å². The minimum atomic E-state index is -3.94. The van der Waals surface area contributed by atoms with Gasteiger partial charge in [0.15, 0.2) is 0 Å². The molecule has 0 saturated heterocycles. The van der Waals surface area contributed by atoms with Crippen LogP contribution in [0.15, 0.2) is 108 Å². The summed E-state index contributed by atoms with van der Waals surface area (Å²) in [7, 11) is -3.94. The highest BCUT2D eigenvalue weighted by molar-refractivity contribution is 7.89. The topological polar surface area (TPSA) is 92.5 Å². The van der Waals surface area contributed by atoms with Gasteiger partial charge in [0, 0.05) is 19.6 Å². The molecule has 0 bridgehead atoms. The van der Waals surface area contributed by atoms with Gasteiger partial charge in [0.1, 0.15) is 0 Å². The van der Waals surface area contributed by atoms with Crippen molar-refractivity contribution in [2.75, 3.05) is 13.1 Å². The van der Waals surface area contributed by atoms with Crippen LogP contribution in [0.4, 0.5) is 0 Å². The number of hydrogen-bond acceptors (Lipinski definition) is 4. The second kappa shape index (κ2) is 12.8. The van der Waals surface area contributed by atoms with Gasteiger partial charge in [-0.05, 0) is 58.4 Å². The van der Waals surface area contributed by atoms with E-state index in [4.69, 9.17) is 5.73 Å². The van der Waals surface area contributed by atoms with Crippen LogP contribution in [0, 0.1) is 6.92 Å². The van der Waals surface area contributed by atoms with Crippen LogP contribution in [0.1, 0.15) is 35.1 Å². The molecule has 0 aliphatic carbocycles. The van der Waals surface area contributed by atoms with E-state index < -0.39 is 10.0 Å². The maximum absolute atomic E-state index is 13.8. The Hall–Kier alpha value is -3.78. The molecule has 4 aromatic rings. The van der Waals surface area contributed by atoms with Gasteiger partial charge in [0.2, 0.25) is 15.9 Å². The summed E-state index contributed by atoms with van der Waals surface area (Å²) in [5.41, 5.74) is 11.7. The number of benzene rings is 4. The fraction of sp³-hybridized carbons (Fsp3) is 0.219. The van der Waals surface area contributed by atoms with E-state index >= 15 is 0 Å². The smallest absolute Gasteiger partial charge is 0.243 e. The first-order valence-electron chi connectivity index (χ1n) is 13.0. The van der Waals surface area contributed by atoms with Crippen molar-refractivity contribution in [1.29, 1.82) is 0 Å². The van der Waals surface area contributed by atoms with Crippen molar-refractivity contribution in [2.24, 2.45) is 5.73 Å². The van der Waals surface area contributed by atoms with Crippen LogP contribution in [0.2, 0.25) is 0 Å². The van der Waals surface area contributed by atoms with Gasteiger partial charge in [-0.15, -0.1) is 0 Å². The maximum atomic E-state index is 13.8. The Kier molecular flexibility index (Phi) is 9.30. The van der Waals surface area contributed by atoms with E-state index in [-0.39, 0.29) is 29.8 Å². The molecule has 4 rings (SSSR count). The number of amides is 1. The van der Waals surface area contributed by atoms with Crippen molar-refractivity contribution in [3.63, 3.8) is 0 Å². The van der Waals surface area contributed by atoms with Crippen LogP contribution in [-0.4, -0.2) is 31.7 Å². The fourth-order valence-corrected chi connectivity index (χ4v) is 5.99. The van der Waals surface area contributed by atoms with Gasteiger partial charge in [-0.1, -0.05) is 97.9 Å². The third-order valence-corrected chi connectivity index (χ3v) is 8.69. The number of nitrogens with zero attached hydrogens (tertiary/aromatic N) is 1. The Morgan fingerprint density at radius 2 is 1.46 bits per heavy atom. The van der Waals surface area contributed by atoms with Crippen molar-refractivity contribution in [3.8, 4) is 11.1 Å². The molecule has 6 nitrogen and oxygen atoms in total. The van der Waals surface area contributed by atoms with Gasteiger partial charge < -0.3 is 11.1 Å². The second-order valence-corrected chi connectivity index (χ2v) is 11.7. The Morgan fingerprint density at radius 1 is 0.846 bits per heavy atom. The number of rotatable bonds is 11. The third kappa shape index (κ3) is 7.20. The van der Waals surface area contributed by atoms with Gasteiger partial charge >= 0.3 is 0 Å². The van der Waals surface area contributed by atoms with Crippen LogP contribution in [-0.2, 0) is 27.9 Å². The third-order valence-electron chi connectivity index (χ3n) is 6.86. The van der Waals surface area contributed by atoms with Gasteiger partial charge in [0.05, 0.1) is 11.4 Å². The number of carbonyl (C=O) groups excluding carboxylic acids is 1. The zero-order chi connectivity index (χ0) is 27.8. The lowest BCUT2D eigenvalue weighted by Crippen LogP contribution is -2.42. The minimum absolute atomic E-state index is 0.108. The molecule has 0 saturated carbocycles. The summed E-state index contributed by atoms with van der Waals surface area (Å²) in [5.74, 6) is -0.470. The average Bonchev–Trinajstić information content (AvgIpc) is 2.96. The summed E-state index contributed by atoms with van der Waals surface area (Å²) in [6.07, 6.45) is 0. The molecule has 0 heterocycles. The Bertz CT molecular complexity index is 1490. The normalized spacial score (nSPS) is 12.3. The van der Waals surface area contributed by atoms with Crippen molar-refractivity contribution in [3.05, 3.63) is 125 Å². The average molecular weight is 542 g/mol. The predicted molar refractivity (Wildman–Crippen MR) is 156 cm³/mol. The van der Waals surface area contributed by atoms with E-state index in [1.807, 2.05) is 105 Å². The van der Waals surface area contributed by atoms with Crippen LogP contribution >= 0.6 is 0 Å². The van der Waals surface area contributed by atoms with Gasteiger partial charge in [0.25, 0.3) is 0 Å². The molecule has 0 aliphatic heterocycles. The van der Waals surface area contributed by atoms with Crippen molar-refractivity contribution in [2.45, 2.75) is 37.8 Å². The number of aryl methyl sites for hydroxylation is 1. The molecule has 3 N–H and O–H groups in total. The molecule has 0 unspecified atom stereocenters. The summed E-state index contributed by atoms with van der Waals surface area (Å²) in [6.45, 7) is 4.64. The maximum Gasteiger partial charge on any atom is 0.243 e. The molecule has 0 radical (unpaired) electrons. The lowest BCUT2D eigenvalue weighted by molar-refractivity contribution is -0.121. The summed E-state index contributed by atoms with van der Waals surface area (Å²) in [6, 6.07) is 32.2. The highest BCUT2D eigenvalue weighted by Crippen LogP contribution is 2.27. The summed E-state index contributed by atoms with van der Waals surface area (Å²) < 4.78 is 28.9. The van der Waals surface area contributed by atoms with E-state index in [0.29, 0.717) is 13.1 Å². The Labute approximate surface area is 231 Å². The number of nitrogens with one attached hydrogen (secondary N) is 1. The number of sulfonamides is 1. The van der Waals surface area contributed by atoms with Crippen LogP contribution in [0.5, 0.6) is 0 Å². The van der Waals surface area contributed by atoms with Gasteiger partial charge in [-0.3, -0.25) is 4.79 Å². The van der Waals surface area contributed by atoms with Crippen LogP contribution < -0.4 is 11.1 Å². The monoisotopic (exact) mass is 541 g/mol. The zero-order valence-corrected chi connectivity index (χ0v) is 23.2. The standard InChI is InChI=1S/C32H35N3O3S/c1-24-8-6-7-11-31(24)29-16-18-30(19-17-29)39(37,38)35(22-25(2)28-9-4-3-5-10-28)23-32(36)34-21-27-14-12-26(20-33)13-15-27/h3-19,25H,20-23,33H2,1-2H3,(H,34,36)/t25-/m1/s1. The molecular weight excluding hydrogens is 506 g/mol. The van der Waals surface area contributed by atoms with E-state index in [2.05, 4.69) is 5.32 Å². The summed E-state index contributed by atoms with van der Waals surface area (Å²) in [5, 5.41) is 2.86. The van der Waals surface area contributed by atoms with E-state index in [0.717, 1.165) is 33.4 Å². The lowest BCUT2D eigenvalue weighted by atomic mass is 10.0. The molecule has 39 heavy (non-hydrogen) atoms. The highest BCUT2D eigenvalue weighted by atomic mass is 32.2. The fourth-order valence-electron chi connectivity index (χ4n) is 4.50. The molecule has 202 valence electrons. The van der Waals surface area contributed by atoms with Crippen LogP contribution in [0.25, 0.3) is 11.1 Å². The van der Waals surface area contributed by atoms with Gasteiger partial charge in [-0.25, -0.2) is 8.42 Å². The predicted octanol–water partition coefficient (Wildman–Crippen LogP) is 5.23. The Morgan fingerprint density at radius 3 is 2.10 bits per heavy atom. The highest BCUT2D eigenvalue weighted by Gasteiger charge is 2.28. The molecule has 0 spiro atoms. The molecule has 0 aromatic heterocycles. The Balaban J connectivity index is 1.55. The largest absolute Gasteiger partial charge is 0.351 e. The molecule has 7 heteroatoms. The minimum Gasteiger partial charge on any atom is -0.351 e. The summed E-state index contributed by atoms with van der Waals surface area (Å²) in [4.78, 5) is 13.1. The zero-order valence-electron chi connectivity index (χ0n) is 22.4. The SMILES string of the molecule is Cc1ccccc1-c1ccc(S(=O)(=O)N(CC(=O)NCc2ccc(CN)cc2)C[C@@H](C)c2ccccc2)cc1. The second-order valence-electron chi connectivity index (χ2n) is 9.75. The van der Waals surface area contributed by atoms with Crippen molar-refractivity contribution in [1.82, 2.24) is 9.62 Å². The van der Waals surface area contributed by atoms with Gasteiger partial charge in [-0.2, -0.15) is 4.31 Å². The molecule has 4 aromatic carbocycles. The van der Waals surface area contributed by atoms with E-state index in [1.165, 1.54) is 4.31 Å². The molecule has 1 amide bonds. The number of hydrogen-bond donors (Lipinski definition) is 2. The molecule has 0 fully saturated rings. The molecule has 1 atom stereocenters. The molecular formula is C32H35N3O3S. The first kappa shape index (κ1) is 28.2. The summed E-state index contributed by atoms with van der Waals surface area (Å²) >= 11 is 0. The quantitative estimate of drug-likeness (QED) is 0.272. The number of carbonyl (C=O) groups is 1. The van der Waals surface area contributed by atoms with Crippen molar-refractivity contribution < 1.29 is 13.2 Å². The molecule has 0 aliphatic rings. The lowest BCUT2D eigenvalue weighted by Gasteiger charge is -2.25. The van der Waals surface area contributed by atoms with E-state index in [9.17, 15) is 13.2 Å². The first-order valence-corrected chi connectivity index (χ1v) is 14.5. The first-order chi connectivity index (χ1) is 18.8. The number of nitrogens with two attached hydrogens (primary N) is 1. The van der Waals surface area contributed by atoms with Crippen LogP contribution in [0.3, 0.4) is 0 Å².